The highest BCUT2D eigenvalue weighted by molar-refractivity contribution is 5.71. The molecule has 0 radical (unpaired) electrons. The smallest absolute Gasteiger partial charge is 0.309 e. The summed E-state index contributed by atoms with van der Waals surface area (Å²) in [7, 11) is 0. The molecule has 1 saturated heterocycles. The molecule has 5 nitrogen and oxygen atoms in total. The number of fused-ring (bicyclic) bond motifs is 1. The number of carbonyl (C=O) groups excluding carboxylic acids is 1. The molecule has 0 spiro atoms. The molecule has 5 rings (SSSR count). The number of hydrogen-bond donors (Lipinski definition) is 1. The van der Waals surface area contributed by atoms with E-state index in [1.165, 1.54) is 28.8 Å². The molecule has 0 saturated carbocycles. The van der Waals surface area contributed by atoms with Gasteiger partial charge >= 0.3 is 5.97 Å². The lowest BCUT2D eigenvalue weighted by Gasteiger charge is -2.24. The monoisotopic (exact) mass is 502 g/mol. The van der Waals surface area contributed by atoms with E-state index in [0.717, 1.165) is 42.8 Å². The molecule has 2 aliphatic rings. The van der Waals surface area contributed by atoms with Gasteiger partial charge in [0.15, 0.2) is 0 Å². The quantitative estimate of drug-likeness (QED) is 0.431. The third-order valence-corrected chi connectivity index (χ3v) is 7.45. The van der Waals surface area contributed by atoms with Crippen LogP contribution >= 0.6 is 0 Å². The Kier molecular flexibility index (Phi) is 7.04. The first-order chi connectivity index (χ1) is 17.7. The molecule has 2 heterocycles. The summed E-state index contributed by atoms with van der Waals surface area (Å²) in [6.07, 6.45) is 6.96. The molecule has 37 heavy (non-hydrogen) atoms. The summed E-state index contributed by atoms with van der Waals surface area (Å²) < 4.78 is 21.0. The molecular formula is C31H35FN2O3. The minimum Gasteiger partial charge on any atom is -0.458 e. The fraction of sp³-hybridized carbons (Fsp3) is 0.419. The molecule has 194 valence electrons. The van der Waals surface area contributed by atoms with Crippen LogP contribution in [0.3, 0.4) is 0 Å². The van der Waals surface area contributed by atoms with E-state index >= 15 is 0 Å². The number of nitrogens with zero attached hydrogens (tertiary/aromatic N) is 2. The van der Waals surface area contributed by atoms with E-state index in [1.807, 2.05) is 16.8 Å². The molecule has 0 amide bonds. The lowest BCUT2D eigenvalue weighted by molar-refractivity contribution is -0.156. The number of aliphatic hydroxyl groups is 1. The minimum atomic E-state index is -0.694. The molecule has 3 aromatic rings. The molecule has 1 aliphatic heterocycles. The van der Waals surface area contributed by atoms with Gasteiger partial charge in [0, 0.05) is 17.9 Å². The van der Waals surface area contributed by atoms with E-state index in [1.54, 1.807) is 12.1 Å². The normalized spacial score (nSPS) is 22.2. The number of aliphatic hydroxyl groups excluding tert-OH is 1. The fourth-order valence-electron chi connectivity index (χ4n) is 5.43. The second-order valence-electron chi connectivity index (χ2n) is 11.4. The molecule has 0 bridgehead atoms. The number of carbonyl (C=O) groups is 1. The van der Waals surface area contributed by atoms with Gasteiger partial charge in [-0.25, -0.2) is 9.07 Å². The summed E-state index contributed by atoms with van der Waals surface area (Å²) in [5, 5.41) is 15.1. The van der Waals surface area contributed by atoms with E-state index in [0.29, 0.717) is 6.42 Å². The molecule has 6 heteroatoms. The molecule has 1 aromatic heterocycles. The van der Waals surface area contributed by atoms with Crippen molar-refractivity contribution < 1.29 is 19.0 Å². The Hall–Kier alpha value is -3.25. The van der Waals surface area contributed by atoms with Crippen LogP contribution in [0.15, 0.2) is 54.6 Å². The fourth-order valence-corrected chi connectivity index (χ4v) is 5.43. The molecule has 1 N–H and O–H groups in total. The van der Waals surface area contributed by atoms with Crippen molar-refractivity contribution in [1.29, 1.82) is 0 Å². The maximum atomic E-state index is 13.7. The Labute approximate surface area is 218 Å². The number of benzene rings is 2. The van der Waals surface area contributed by atoms with Crippen molar-refractivity contribution in [2.75, 3.05) is 0 Å². The summed E-state index contributed by atoms with van der Waals surface area (Å²) in [5.74, 6) is -0.398. The lowest BCUT2D eigenvalue weighted by Crippen LogP contribution is -2.31. The van der Waals surface area contributed by atoms with E-state index < -0.39 is 12.2 Å². The number of hydrogen-bond acceptors (Lipinski definition) is 4. The third-order valence-electron chi connectivity index (χ3n) is 7.45. The number of cyclic esters (lactones) is 1. The zero-order valence-electron chi connectivity index (χ0n) is 21.8. The Morgan fingerprint density at radius 2 is 1.86 bits per heavy atom. The average molecular weight is 503 g/mol. The Morgan fingerprint density at radius 3 is 2.54 bits per heavy atom. The molecule has 3 atom stereocenters. The molecular weight excluding hydrogens is 467 g/mol. The first-order valence-corrected chi connectivity index (χ1v) is 13.2. The Bertz CT molecular complexity index is 1290. The van der Waals surface area contributed by atoms with Gasteiger partial charge in [-0.15, -0.1) is 0 Å². The second-order valence-corrected chi connectivity index (χ2v) is 11.4. The highest BCUT2D eigenvalue weighted by Crippen LogP contribution is 2.37. The van der Waals surface area contributed by atoms with Gasteiger partial charge in [-0.3, -0.25) is 4.79 Å². The largest absolute Gasteiger partial charge is 0.458 e. The van der Waals surface area contributed by atoms with Crippen LogP contribution in [-0.2, 0) is 27.8 Å². The van der Waals surface area contributed by atoms with Crippen LogP contribution < -0.4 is 0 Å². The highest BCUT2D eigenvalue weighted by Gasteiger charge is 2.29. The molecule has 3 unspecified atom stereocenters. The second kappa shape index (κ2) is 10.3. The zero-order chi connectivity index (χ0) is 26.2. The predicted molar refractivity (Wildman–Crippen MR) is 142 cm³/mol. The van der Waals surface area contributed by atoms with Crippen molar-refractivity contribution in [1.82, 2.24) is 9.78 Å². The zero-order valence-corrected chi connectivity index (χ0v) is 21.8. The van der Waals surface area contributed by atoms with Gasteiger partial charge in [-0.1, -0.05) is 45.0 Å². The van der Waals surface area contributed by atoms with Gasteiger partial charge < -0.3 is 9.84 Å². The summed E-state index contributed by atoms with van der Waals surface area (Å²) in [6.45, 7) is 6.67. The van der Waals surface area contributed by atoms with Crippen LogP contribution in [0.4, 0.5) is 4.39 Å². The Morgan fingerprint density at radius 1 is 1.14 bits per heavy atom. The number of ether oxygens (including phenoxy) is 1. The average Bonchev–Trinajstić information content (AvgIpc) is 3.22. The van der Waals surface area contributed by atoms with E-state index in [-0.39, 0.29) is 29.5 Å². The van der Waals surface area contributed by atoms with Gasteiger partial charge in [0.1, 0.15) is 11.9 Å². The minimum absolute atomic E-state index is 0.0334. The van der Waals surface area contributed by atoms with Crippen LogP contribution in [-0.4, -0.2) is 33.1 Å². The molecule has 1 fully saturated rings. The van der Waals surface area contributed by atoms with Gasteiger partial charge in [-0.2, -0.15) is 5.10 Å². The molecule has 2 aromatic carbocycles. The van der Waals surface area contributed by atoms with E-state index in [4.69, 9.17) is 9.84 Å². The Balaban J connectivity index is 1.49. The van der Waals surface area contributed by atoms with Crippen LogP contribution in [0.1, 0.15) is 80.5 Å². The van der Waals surface area contributed by atoms with Crippen molar-refractivity contribution in [2.24, 2.45) is 0 Å². The number of esters is 1. The highest BCUT2D eigenvalue weighted by atomic mass is 19.1. The van der Waals surface area contributed by atoms with Gasteiger partial charge in [0.2, 0.25) is 0 Å². The summed E-state index contributed by atoms with van der Waals surface area (Å²) >= 11 is 0. The molecule has 1 aliphatic carbocycles. The van der Waals surface area contributed by atoms with Crippen molar-refractivity contribution >= 4 is 12.0 Å². The lowest BCUT2D eigenvalue weighted by atomic mass is 9.82. The topological polar surface area (TPSA) is 64.3 Å². The van der Waals surface area contributed by atoms with Gasteiger partial charge in [-0.05, 0) is 78.6 Å². The number of rotatable bonds is 5. The SMILES string of the molecule is CC(C)(C)c1ccc(CC2CCCc3c2nn(-c2ccc(F)cc2)c3/C=C/C2CC(O)CC(=O)O2)cc1. The van der Waals surface area contributed by atoms with E-state index in [9.17, 15) is 14.3 Å². The van der Waals surface area contributed by atoms with Crippen molar-refractivity contribution in [3.05, 3.63) is 88.5 Å². The van der Waals surface area contributed by atoms with Crippen LogP contribution in [0.2, 0.25) is 0 Å². The first kappa shape index (κ1) is 25.4. The van der Waals surface area contributed by atoms with Crippen LogP contribution in [0.25, 0.3) is 11.8 Å². The van der Waals surface area contributed by atoms with Crippen molar-refractivity contribution in [3.8, 4) is 5.69 Å². The summed E-state index contributed by atoms with van der Waals surface area (Å²) in [5.41, 5.74) is 6.70. The summed E-state index contributed by atoms with van der Waals surface area (Å²) in [6, 6.07) is 15.3. The van der Waals surface area contributed by atoms with E-state index in [2.05, 4.69) is 45.0 Å². The summed E-state index contributed by atoms with van der Waals surface area (Å²) in [4.78, 5) is 11.8. The maximum Gasteiger partial charge on any atom is 0.309 e. The number of halogens is 1. The van der Waals surface area contributed by atoms with Crippen LogP contribution in [0.5, 0.6) is 0 Å². The van der Waals surface area contributed by atoms with Gasteiger partial charge in [0.25, 0.3) is 0 Å². The maximum absolute atomic E-state index is 13.7. The van der Waals surface area contributed by atoms with Crippen molar-refractivity contribution in [3.63, 3.8) is 0 Å². The predicted octanol–water partition coefficient (Wildman–Crippen LogP) is 6.05. The number of aromatic nitrogens is 2. The van der Waals surface area contributed by atoms with Gasteiger partial charge in [0.05, 0.1) is 29.6 Å². The third kappa shape index (κ3) is 5.69. The van der Waals surface area contributed by atoms with Crippen LogP contribution in [0, 0.1) is 5.82 Å². The standard InChI is InChI=1S/C31H35FN2O3/c1-31(2,3)22-9-7-20(8-10-22)17-21-5-4-6-27-28(16-15-26-18-25(35)19-29(36)37-26)34(33-30(21)27)24-13-11-23(32)12-14-24/h7-16,21,25-26,35H,4-6,17-19H2,1-3H3/b16-15+. The van der Waals surface area contributed by atoms with Crippen molar-refractivity contribution in [2.45, 2.75) is 82.8 Å². The first-order valence-electron chi connectivity index (χ1n) is 13.2.